The zero-order valence-corrected chi connectivity index (χ0v) is 17.8. The lowest BCUT2D eigenvalue weighted by molar-refractivity contribution is -0.192. The molecule has 0 bridgehead atoms. The molecule has 4 rings (SSSR count). The first-order chi connectivity index (χ1) is 16.2. The highest BCUT2D eigenvalue weighted by molar-refractivity contribution is 5.91. The number of ether oxygens (including phenoxy) is 1. The number of hydrogen-bond acceptors (Lipinski definition) is 5. The summed E-state index contributed by atoms with van der Waals surface area (Å²) in [5, 5.41) is 15.5. The van der Waals surface area contributed by atoms with Crippen LogP contribution in [0.2, 0.25) is 0 Å². The van der Waals surface area contributed by atoms with E-state index in [1.54, 1.807) is 13.3 Å². The van der Waals surface area contributed by atoms with Gasteiger partial charge in [-0.2, -0.15) is 18.3 Å². The van der Waals surface area contributed by atoms with Crippen LogP contribution in [0, 0.1) is 0 Å². The summed E-state index contributed by atoms with van der Waals surface area (Å²) in [6.07, 6.45) is -1.34. The SMILES string of the molecule is COc1ccc(CC(=O)Nc2cc(-n3ncc4ccccc43)ccn2)cc1.O=C(O)C(F)(F)F. The molecule has 2 heterocycles. The number of aromatic nitrogens is 3. The quantitative estimate of drug-likeness (QED) is 0.450. The van der Waals surface area contributed by atoms with Gasteiger partial charge < -0.3 is 15.2 Å². The van der Waals surface area contributed by atoms with Crippen LogP contribution in [0.1, 0.15) is 5.56 Å². The smallest absolute Gasteiger partial charge is 0.490 e. The van der Waals surface area contributed by atoms with E-state index in [0.29, 0.717) is 5.82 Å². The first kappa shape index (κ1) is 24.2. The second-order valence-corrected chi connectivity index (χ2v) is 6.89. The van der Waals surface area contributed by atoms with Gasteiger partial charge in [-0.15, -0.1) is 0 Å². The number of hydrogen-bond donors (Lipinski definition) is 2. The molecule has 2 N–H and O–H groups in total. The number of nitrogens with one attached hydrogen (secondary N) is 1. The monoisotopic (exact) mass is 472 g/mol. The number of halogens is 3. The van der Waals surface area contributed by atoms with E-state index in [0.717, 1.165) is 27.9 Å². The molecule has 2 aromatic carbocycles. The van der Waals surface area contributed by atoms with Crippen LogP contribution in [-0.2, 0) is 16.0 Å². The fourth-order valence-corrected chi connectivity index (χ4v) is 2.91. The van der Waals surface area contributed by atoms with Gasteiger partial charge in [0.2, 0.25) is 5.91 Å². The van der Waals surface area contributed by atoms with Gasteiger partial charge in [-0.25, -0.2) is 14.5 Å². The van der Waals surface area contributed by atoms with Crippen LogP contribution in [0.4, 0.5) is 19.0 Å². The van der Waals surface area contributed by atoms with Crippen LogP contribution < -0.4 is 10.1 Å². The summed E-state index contributed by atoms with van der Waals surface area (Å²) < 4.78 is 38.7. The number of rotatable bonds is 5. The number of para-hydroxylation sites is 1. The van der Waals surface area contributed by atoms with E-state index < -0.39 is 12.1 Å². The van der Waals surface area contributed by atoms with Gasteiger partial charge in [-0.3, -0.25) is 4.79 Å². The number of fused-ring (bicyclic) bond motifs is 1. The minimum absolute atomic E-state index is 0.129. The maximum Gasteiger partial charge on any atom is 0.490 e. The van der Waals surface area contributed by atoms with E-state index in [1.807, 2.05) is 71.5 Å². The number of pyridine rings is 1. The Kier molecular flexibility index (Phi) is 7.46. The maximum atomic E-state index is 12.3. The van der Waals surface area contributed by atoms with Gasteiger partial charge in [0.1, 0.15) is 11.6 Å². The molecule has 0 saturated heterocycles. The molecule has 0 aliphatic carbocycles. The van der Waals surface area contributed by atoms with Gasteiger partial charge in [0, 0.05) is 17.6 Å². The molecule has 4 aromatic rings. The summed E-state index contributed by atoms with van der Waals surface area (Å²) in [6, 6.07) is 19.1. The zero-order chi connectivity index (χ0) is 24.7. The van der Waals surface area contributed by atoms with Crippen molar-refractivity contribution in [2.45, 2.75) is 12.6 Å². The van der Waals surface area contributed by atoms with Crippen molar-refractivity contribution in [3.63, 3.8) is 0 Å². The van der Waals surface area contributed by atoms with E-state index in [4.69, 9.17) is 14.6 Å². The van der Waals surface area contributed by atoms with E-state index in [2.05, 4.69) is 15.4 Å². The molecule has 0 unspecified atom stereocenters. The molecule has 0 aliphatic rings. The molecule has 0 radical (unpaired) electrons. The summed E-state index contributed by atoms with van der Waals surface area (Å²) in [6.45, 7) is 0. The van der Waals surface area contributed by atoms with Crippen LogP contribution in [-0.4, -0.2) is 45.0 Å². The highest BCUT2D eigenvalue weighted by Gasteiger charge is 2.38. The molecule has 11 heteroatoms. The van der Waals surface area contributed by atoms with Gasteiger partial charge in [-0.05, 0) is 29.8 Å². The number of anilines is 1. The third-order valence-electron chi connectivity index (χ3n) is 4.50. The molecule has 176 valence electrons. The molecule has 8 nitrogen and oxygen atoms in total. The number of amides is 1. The van der Waals surface area contributed by atoms with Crippen molar-refractivity contribution < 1.29 is 32.6 Å². The van der Waals surface area contributed by atoms with Crippen molar-refractivity contribution in [1.82, 2.24) is 14.8 Å². The first-order valence-electron chi connectivity index (χ1n) is 9.79. The molecule has 0 saturated carbocycles. The average Bonchev–Trinajstić information content (AvgIpc) is 3.24. The number of carbonyl (C=O) groups is 2. The van der Waals surface area contributed by atoms with Crippen LogP contribution in [0.15, 0.2) is 73.1 Å². The number of carboxylic acids is 1. The van der Waals surface area contributed by atoms with Crippen molar-refractivity contribution >= 4 is 28.6 Å². The summed E-state index contributed by atoms with van der Waals surface area (Å²) in [7, 11) is 1.61. The van der Waals surface area contributed by atoms with Gasteiger partial charge in [0.15, 0.2) is 0 Å². The van der Waals surface area contributed by atoms with Crippen molar-refractivity contribution in [3.8, 4) is 11.4 Å². The second kappa shape index (κ2) is 10.5. The van der Waals surface area contributed by atoms with Crippen molar-refractivity contribution in [2.75, 3.05) is 12.4 Å². The number of alkyl halides is 3. The summed E-state index contributed by atoms with van der Waals surface area (Å²) in [4.78, 5) is 25.5. The standard InChI is InChI=1S/C21H18N4O2.C2HF3O2/c1-27-18-8-6-15(7-9-18)12-21(26)24-20-13-17(10-11-22-20)25-19-5-3-2-4-16(19)14-23-25;3-2(4,5)1(6)7/h2-11,13-14H,12H2,1H3,(H,22,24,26);(H,6,7). The molecule has 2 aromatic heterocycles. The van der Waals surface area contributed by atoms with Gasteiger partial charge in [-0.1, -0.05) is 30.3 Å². The maximum absolute atomic E-state index is 12.3. The lowest BCUT2D eigenvalue weighted by Gasteiger charge is -2.08. The van der Waals surface area contributed by atoms with Crippen LogP contribution in [0.5, 0.6) is 5.75 Å². The Morgan fingerprint density at radius 1 is 1.09 bits per heavy atom. The Bertz CT molecular complexity index is 1290. The van der Waals surface area contributed by atoms with Crippen LogP contribution >= 0.6 is 0 Å². The normalized spacial score (nSPS) is 10.8. The van der Waals surface area contributed by atoms with Crippen molar-refractivity contribution in [1.29, 1.82) is 0 Å². The molecule has 34 heavy (non-hydrogen) atoms. The van der Waals surface area contributed by atoms with Gasteiger partial charge in [0.05, 0.1) is 30.9 Å². The number of benzene rings is 2. The van der Waals surface area contributed by atoms with E-state index in [1.165, 1.54) is 0 Å². The Morgan fingerprint density at radius 2 is 1.76 bits per heavy atom. The number of methoxy groups -OCH3 is 1. The molecular formula is C23H19F3N4O4. The van der Waals surface area contributed by atoms with Crippen molar-refractivity contribution in [3.05, 3.63) is 78.6 Å². The third kappa shape index (κ3) is 6.31. The highest BCUT2D eigenvalue weighted by atomic mass is 19.4. The lowest BCUT2D eigenvalue weighted by atomic mass is 10.1. The van der Waals surface area contributed by atoms with E-state index in [-0.39, 0.29) is 12.3 Å². The Morgan fingerprint density at radius 3 is 2.41 bits per heavy atom. The average molecular weight is 472 g/mol. The molecule has 0 atom stereocenters. The van der Waals surface area contributed by atoms with E-state index >= 15 is 0 Å². The molecule has 0 fully saturated rings. The zero-order valence-electron chi connectivity index (χ0n) is 17.8. The molecule has 1 amide bonds. The molecule has 0 aliphatic heterocycles. The largest absolute Gasteiger partial charge is 0.497 e. The minimum atomic E-state index is -5.08. The second-order valence-electron chi connectivity index (χ2n) is 6.89. The van der Waals surface area contributed by atoms with Crippen LogP contribution in [0.3, 0.4) is 0 Å². The number of aliphatic carboxylic acids is 1. The highest BCUT2D eigenvalue weighted by Crippen LogP contribution is 2.19. The molecular weight excluding hydrogens is 453 g/mol. The Balaban J connectivity index is 0.000000406. The first-order valence-corrected chi connectivity index (χ1v) is 9.79. The Labute approximate surface area is 191 Å². The summed E-state index contributed by atoms with van der Waals surface area (Å²) >= 11 is 0. The van der Waals surface area contributed by atoms with Gasteiger partial charge in [0.25, 0.3) is 0 Å². The van der Waals surface area contributed by atoms with Crippen LogP contribution in [0.25, 0.3) is 16.6 Å². The summed E-state index contributed by atoms with van der Waals surface area (Å²) in [5.41, 5.74) is 2.74. The fraction of sp³-hybridized carbons (Fsp3) is 0.130. The van der Waals surface area contributed by atoms with Gasteiger partial charge >= 0.3 is 12.1 Å². The third-order valence-corrected chi connectivity index (χ3v) is 4.50. The number of carbonyl (C=O) groups excluding carboxylic acids is 1. The fourth-order valence-electron chi connectivity index (χ4n) is 2.91. The lowest BCUT2D eigenvalue weighted by Crippen LogP contribution is -2.21. The number of nitrogens with zero attached hydrogens (tertiary/aromatic N) is 3. The minimum Gasteiger partial charge on any atom is -0.497 e. The Hall–Kier alpha value is -4.41. The topological polar surface area (TPSA) is 106 Å². The number of carboxylic acid groups (broad SMARTS) is 1. The predicted molar refractivity (Wildman–Crippen MR) is 118 cm³/mol. The molecule has 0 spiro atoms. The van der Waals surface area contributed by atoms with E-state index in [9.17, 15) is 18.0 Å². The van der Waals surface area contributed by atoms with Crippen molar-refractivity contribution in [2.24, 2.45) is 0 Å². The summed E-state index contributed by atoms with van der Waals surface area (Å²) in [5.74, 6) is -1.63. The predicted octanol–water partition coefficient (Wildman–Crippen LogP) is 4.24.